The van der Waals surface area contributed by atoms with Crippen molar-refractivity contribution < 1.29 is 14.3 Å². The zero-order valence-corrected chi connectivity index (χ0v) is 17.1. The van der Waals surface area contributed by atoms with Crippen molar-refractivity contribution in [2.24, 2.45) is 5.92 Å². The lowest BCUT2D eigenvalue weighted by Crippen LogP contribution is -2.27. The molecule has 0 fully saturated rings. The summed E-state index contributed by atoms with van der Waals surface area (Å²) in [5.74, 6) is 1.78. The van der Waals surface area contributed by atoms with E-state index in [0.717, 1.165) is 16.9 Å². The normalized spacial score (nSPS) is 10.6. The predicted octanol–water partition coefficient (Wildman–Crippen LogP) is 5.33. The van der Waals surface area contributed by atoms with Crippen molar-refractivity contribution in [2.45, 2.75) is 20.5 Å². The first-order chi connectivity index (χ1) is 14.1. The molecule has 3 aromatic rings. The molecule has 0 aliphatic rings. The van der Waals surface area contributed by atoms with Crippen LogP contribution >= 0.6 is 0 Å². The number of rotatable bonds is 8. The van der Waals surface area contributed by atoms with E-state index >= 15 is 0 Å². The molecule has 0 heterocycles. The molecule has 4 nitrogen and oxygen atoms in total. The van der Waals surface area contributed by atoms with Crippen LogP contribution in [0.2, 0.25) is 0 Å². The minimum Gasteiger partial charge on any atom is -0.496 e. The van der Waals surface area contributed by atoms with Gasteiger partial charge in [0.05, 0.1) is 7.11 Å². The van der Waals surface area contributed by atoms with Gasteiger partial charge in [-0.15, -0.1) is 0 Å². The van der Waals surface area contributed by atoms with Crippen LogP contribution < -0.4 is 14.8 Å². The molecule has 3 aromatic carbocycles. The van der Waals surface area contributed by atoms with Crippen LogP contribution in [0.15, 0.2) is 72.8 Å². The van der Waals surface area contributed by atoms with Gasteiger partial charge in [-0.25, -0.2) is 0 Å². The maximum absolute atomic E-state index is 12.4. The first kappa shape index (κ1) is 20.5. The standard InChI is InChI=1S/C25H27NO3/c1-18(2)16-26-25(27)21-11-14-24(28-3)22(15-21)17-29-23-12-9-20(10-13-23)19-7-5-4-6-8-19/h4-15,18H,16-17H2,1-3H3,(H,26,27). The summed E-state index contributed by atoms with van der Waals surface area (Å²) >= 11 is 0. The topological polar surface area (TPSA) is 47.6 Å². The Morgan fingerprint density at radius 2 is 1.62 bits per heavy atom. The Labute approximate surface area is 172 Å². The number of hydrogen-bond acceptors (Lipinski definition) is 3. The van der Waals surface area contributed by atoms with Crippen molar-refractivity contribution in [2.75, 3.05) is 13.7 Å². The fourth-order valence-electron chi connectivity index (χ4n) is 2.97. The summed E-state index contributed by atoms with van der Waals surface area (Å²) in [6, 6.07) is 23.6. The summed E-state index contributed by atoms with van der Waals surface area (Å²) in [6.07, 6.45) is 0. The monoisotopic (exact) mass is 389 g/mol. The third kappa shape index (κ3) is 5.61. The van der Waals surface area contributed by atoms with E-state index in [4.69, 9.17) is 9.47 Å². The Hall–Kier alpha value is -3.27. The van der Waals surface area contributed by atoms with Crippen LogP contribution in [0.5, 0.6) is 11.5 Å². The molecule has 0 spiro atoms. The molecule has 3 rings (SSSR count). The van der Waals surface area contributed by atoms with E-state index < -0.39 is 0 Å². The zero-order chi connectivity index (χ0) is 20.6. The number of benzene rings is 3. The number of methoxy groups -OCH3 is 1. The number of ether oxygens (including phenoxy) is 2. The van der Waals surface area contributed by atoms with Gasteiger partial charge in [0.25, 0.3) is 5.91 Å². The maximum Gasteiger partial charge on any atom is 0.251 e. The molecule has 0 atom stereocenters. The molecule has 150 valence electrons. The molecule has 0 aliphatic heterocycles. The summed E-state index contributed by atoms with van der Waals surface area (Å²) in [5, 5.41) is 2.94. The molecule has 1 amide bonds. The number of nitrogens with one attached hydrogen (secondary N) is 1. The van der Waals surface area contributed by atoms with Crippen LogP contribution in [-0.4, -0.2) is 19.6 Å². The molecular formula is C25H27NO3. The molecule has 4 heteroatoms. The Bertz CT molecular complexity index is 934. The van der Waals surface area contributed by atoms with Crippen LogP contribution in [0.25, 0.3) is 11.1 Å². The smallest absolute Gasteiger partial charge is 0.251 e. The average molecular weight is 389 g/mol. The van der Waals surface area contributed by atoms with Crippen molar-refractivity contribution in [3.05, 3.63) is 83.9 Å². The molecule has 0 aromatic heterocycles. The molecule has 0 radical (unpaired) electrons. The van der Waals surface area contributed by atoms with E-state index in [1.807, 2.05) is 54.6 Å². The van der Waals surface area contributed by atoms with E-state index in [1.165, 1.54) is 5.56 Å². The van der Waals surface area contributed by atoms with E-state index in [1.54, 1.807) is 13.2 Å². The van der Waals surface area contributed by atoms with Crippen LogP contribution in [0, 0.1) is 5.92 Å². The summed E-state index contributed by atoms with van der Waals surface area (Å²) in [6.45, 7) is 5.09. The number of carbonyl (C=O) groups excluding carboxylic acids is 1. The third-order valence-corrected chi connectivity index (χ3v) is 4.57. The highest BCUT2D eigenvalue weighted by atomic mass is 16.5. The largest absolute Gasteiger partial charge is 0.496 e. The fourth-order valence-corrected chi connectivity index (χ4v) is 2.97. The fraction of sp³-hybridized carbons (Fsp3) is 0.240. The molecule has 0 unspecified atom stereocenters. The first-order valence-corrected chi connectivity index (χ1v) is 9.80. The minimum absolute atomic E-state index is 0.0881. The van der Waals surface area contributed by atoms with Crippen LogP contribution in [0.4, 0.5) is 0 Å². The van der Waals surface area contributed by atoms with E-state index in [9.17, 15) is 4.79 Å². The van der Waals surface area contributed by atoms with E-state index in [2.05, 4.69) is 31.3 Å². The van der Waals surface area contributed by atoms with Crippen molar-refractivity contribution in [3.63, 3.8) is 0 Å². The molecule has 0 aliphatic carbocycles. The van der Waals surface area contributed by atoms with Gasteiger partial charge in [-0.1, -0.05) is 56.3 Å². The highest BCUT2D eigenvalue weighted by Crippen LogP contribution is 2.25. The summed E-state index contributed by atoms with van der Waals surface area (Å²) in [7, 11) is 1.62. The number of carbonyl (C=O) groups is 1. The quantitative estimate of drug-likeness (QED) is 0.567. The lowest BCUT2D eigenvalue weighted by atomic mass is 10.1. The molecule has 0 bridgehead atoms. The molecule has 0 saturated carbocycles. The number of hydrogen-bond donors (Lipinski definition) is 1. The van der Waals surface area contributed by atoms with Crippen LogP contribution in [0.1, 0.15) is 29.8 Å². The van der Waals surface area contributed by atoms with Gasteiger partial charge in [-0.3, -0.25) is 4.79 Å². The summed E-state index contributed by atoms with van der Waals surface area (Å²) in [5.41, 5.74) is 3.74. The average Bonchev–Trinajstić information content (AvgIpc) is 2.76. The first-order valence-electron chi connectivity index (χ1n) is 9.80. The van der Waals surface area contributed by atoms with Gasteiger partial charge < -0.3 is 14.8 Å². The second-order valence-corrected chi connectivity index (χ2v) is 7.31. The highest BCUT2D eigenvalue weighted by molar-refractivity contribution is 5.94. The lowest BCUT2D eigenvalue weighted by Gasteiger charge is -2.13. The second-order valence-electron chi connectivity index (χ2n) is 7.31. The second kappa shape index (κ2) is 9.78. The lowest BCUT2D eigenvalue weighted by molar-refractivity contribution is 0.0949. The highest BCUT2D eigenvalue weighted by Gasteiger charge is 2.11. The Balaban J connectivity index is 1.69. The van der Waals surface area contributed by atoms with Gasteiger partial charge in [0.15, 0.2) is 0 Å². The van der Waals surface area contributed by atoms with Gasteiger partial charge in [-0.2, -0.15) is 0 Å². The Morgan fingerprint density at radius 1 is 0.931 bits per heavy atom. The molecule has 29 heavy (non-hydrogen) atoms. The summed E-state index contributed by atoms with van der Waals surface area (Å²) in [4.78, 5) is 12.4. The van der Waals surface area contributed by atoms with Gasteiger partial charge in [-0.05, 0) is 47.4 Å². The van der Waals surface area contributed by atoms with Gasteiger partial charge >= 0.3 is 0 Å². The van der Waals surface area contributed by atoms with Gasteiger partial charge in [0.1, 0.15) is 18.1 Å². The van der Waals surface area contributed by atoms with E-state index in [-0.39, 0.29) is 5.91 Å². The van der Waals surface area contributed by atoms with Crippen LogP contribution in [0.3, 0.4) is 0 Å². The predicted molar refractivity (Wildman–Crippen MR) is 116 cm³/mol. The zero-order valence-electron chi connectivity index (χ0n) is 17.1. The van der Waals surface area contributed by atoms with Crippen molar-refractivity contribution >= 4 is 5.91 Å². The van der Waals surface area contributed by atoms with E-state index in [0.29, 0.717) is 30.4 Å². The number of amides is 1. The minimum atomic E-state index is -0.0881. The van der Waals surface area contributed by atoms with Gasteiger partial charge in [0, 0.05) is 17.7 Å². The molecule has 1 N–H and O–H groups in total. The SMILES string of the molecule is COc1ccc(C(=O)NCC(C)C)cc1COc1ccc(-c2ccccc2)cc1. The Kier molecular flexibility index (Phi) is 6.90. The van der Waals surface area contributed by atoms with Crippen molar-refractivity contribution in [3.8, 4) is 22.6 Å². The van der Waals surface area contributed by atoms with Crippen molar-refractivity contribution in [1.29, 1.82) is 0 Å². The van der Waals surface area contributed by atoms with Gasteiger partial charge in [0.2, 0.25) is 0 Å². The Morgan fingerprint density at radius 3 is 2.28 bits per heavy atom. The molecule has 0 saturated heterocycles. The summed E-state index contributed by atoms with van der Waals surface area (Å²) < 4.78 is 11.4. The molecular weight excluding hydrogens is 362 g/mol. The van der Waals surface area contributed by atoms with Crippen LogP contribution in [-0.2, 0) is 6.61 Å². The maximum atomic E-state index is 12.4. The third-order valence-electron chi connectivity index (χ3n) is 4.57. The van der Waals surface area contributed by atoms with Crippen molar-refractivity contribution in [1.82, 2.24) is 5.32 Å².